The molecule has 0 radical (unpaired) electrons. The zero-order valence-electron chi connectivity index (χ0n) is 12.1. The Bertz CT molecular complexity index is 741. The van der Waals surface area contributed by atoms with E-state index in [4.69, 9.17) is 16.3 Å². The van der Waals surface area contributed by atoms with Crippen LogP contribution in [0.4, 0.5) is 15.8 Å². The van der Waals surface area contributed by atoms with Crippen LogP contribution in [-0.2, 0) is 4.74 Å². The fourth-order valence-electron chi connectivity index (χ4n) is 2.66. The van der Waals surface area contributed by atoms with Crippen molar-refractivity contribution >= 4 is 23.0 Å². The summed E-state index contributed by atoms with van der Waals surface area (Å²) in [6, 6.07) is 11.0. The van der Waals surface area contributed by atoms with Gasteiger partial charge in [0.05, 0.1) is 23.3 Å². The highest BCUT2D eigenvalue weighted by atomic mass is 35.5. The van der Waals surface area contributed by atoms with Crippen LogP contribution in [-0.4, -0.2) is 24.6 Å². The van der Waals surface area contributed by atoms with Gasteiger partial charge in [0, 0.05) is 29.7 Å². The number of ether oxygens (including phenoxy) is 1. The number of non-ortho nitro benzene ring substituents is 1. The second kappa shape index (κ2) is 6.52. The van der Waals surface area contributed by atoms with Crippen LogP contribution in [0.15, 0.2) is 42.5 Å². The highest BCUT2D eigenvalue weighted by molar-refractivity contribution is 6.31. The second-order valence-electron chi connectivity index (χ2n) is 5.22. The van der Waals surface area contributed by atoms with E-state index in [0.717, 1.165) is 11.6 Å². The Balaban J connectivity index is 1.84. The zero-order valence-corrected chi connectivity index (χ0v) is 12.9. The molecule has 1 heterocycles. The molecular weight excluding hydrogens is 323 g/mol. The molecule has 3 rings (SSSR count). The van der Waals surface area contributed by atoms with E-state index in [2.05, 4.69) is 0 Å². The monoisotopic (exact) mass is 336 g/mol. The highest BCUT2D eigenvalue weighted by Crippen LogP contribution is 2.32. The Morgan fingerprint density at radius 2 is 2.09 bits per heavy atom. The molecule has 0 bridgehead atoms. The van der Waals surface area contributed by atoms with Gasteiger partial charge in [-0.25, -0.2) is 4.39 Å². The van der Waals surface area contributed by atoms with Gasteiger partial charge in [0.1, 0.15) is 6.10 Å². The number of morpholine rings is 1. The van der Waals surface area contributed by atoms with Gasteiger partial charge in [0.25, 0.3) is 5.69 Å². The lowest BCUT2D eigenvalue weighted by atomic mass is 10.1. The maximum Gasteiger partial charge on any atom is 0.272 e. The van der Waals surface area contributed by atoms with Crippen molar-refractivity contribution in [2.75, 3.05) is 24.6 Å². The molecule has 1 atom stereocenters. The van der Waals surface area contributed by atoms with Gasteiger partial charge in [0.15, 0.2) is 5.82 Å². The van der Waals surface area contributed by atoms with Crippen LogP contribution in [0, 0.1) is 15.9 Å². The van der Waals surface area contributed by atoms with Gasteiger partial charge in [-0.3, -0.25) is 10.1 Å². The summed E-state index contributed by atoms with van der Waals surface area (Å²) in [6.07, 6.45) is -0.271. The molecule has 1 aliphatic heterocycles. The average Bonchev–Trinajstić information content (AvgIpc) is 2.55. The predicted molar refractivity (Wildman–Crippen MR) is 85.4 cm³/mol. The Hall–Kier alpha value is -2.18. The smallest absolute Gasteiger partial charge is 0.272 e. The van der Waals surface area contributed by atoms with Crippen LogP contribution >= 0.6 is 11.6 Å². The molecule has 5 nitrogen and oxygen atoms in total. The van der Waals surface area contributed by atoms with Crippen LogP contribution in [0.3, 0.4) is 0 Å². The molecule has 0 N–H and O–H groups in total. The number of hydrogen-bond acceptors (Lipinski definition) is 4. The summed E-state index contributed by atoms with van der Waals surface area (Å²) in [5.74, 6) is -0.612. The average molecular weight is 337 g/mol. The molecule has 0 saturated carbocycles. The first-order chi connectivity index (χ1) is 11.1. The third kappa shape index (κ3) is 3.28. The number of anilines is 1. The minimum Gasteiger partial charge on any atom is -0.370 e. The quantitative estimate of drug-likeness (QED) is 0.628. The summed E-state index contributed by atoms with van der Waals surface area (Å²) in [5, 5.41) is 11.3. The standard InChI is InChI=1S/C16H14ClFN2O3/c17-13-4-2-1-3-12(13)16-10-19(7-8-23-16)15-6-5-11(20(21)22)9-14(15)18/h1-6,9,16H,7-8,10H2. The molecule has 0 spiro atoms. The number of rotatable bonds is 3. The number of nitrogens with zero attached hydrogens (tertiary/aromatic N) is 2. The van der Waals surface area contributed by atoms with Crippen molar-refractivity contribution in [2.24, 2.45) is 0 Å². The SMILES string of the molecule is O=[N+]([O-])c1ccc(N2CCOC(c3ccccc3Cl)C2)c(F)c1. The molecule has 7 heteroatoms. The van der Waals surface area contributed by atoms with Crippen molar-refractivity contribution in [1.29, 1.82) is 0 Å². The molecule has 0 aliphatic carbocycles. The third-order valence-corrected chi connectivity index (χ3v) is 4.15. The first-order valence-corrected chi connectivity index (χ1v) is 7.49. The van der Waals surface area contributed by atoms with Gasteiger partial charge in [-0.2, -0.15) is 0 Å². The second-order valence-corrected chi connectivity index (χ2v) is 5.63. The summed E-state index contributed by atoms with van der Waals surface area (Å²) in [5.41, 5.74) is 0.916. The largest absolute Gasteiger partial charge is 0.370 e. The highest BCUT2D eigenvalue weighted by Gasteiger charge is 2.26. The van der Waals surface area contributed by atoms with Gasteiger partial charge >= 0.3 is 0 Å². The lowest BCUT2D eigenvalue weighted by Gasteiger charge is -2.35. The lowest BCUT2D eigenvalue weighted by Crippen LogP contribution is -2.38. The van der Waals surface area contributed by atoms with Crippen LogP contribution < -0.4 is 4.90 Å². The fourth-order valence-corrected chi connectivity index (χ4v) is 2.92. The van der Waals surface area contributed by atoms with Crippen molar-refractivity contribution in [1.82, 2.24) is 0 Å². The van der Waals surface area contributed by atoms with Crippen LogP contribution in [0.2, 0.25) is 5.02 Å². The van der Waals surface area contributed by atoms with Crippen molar-refractivity contribution in [3.63, 3.8) is 0 Å². The summed E-state index contributed by atoms with van der Waals surface area (Å²) in [6.45, 7) is 1.36. The third-order valence-electron chi connectivity index (χ3n) is 3.80. The minimum absolute atomic E-state index is 0.262. The molecule has 120 valence electrons. The van der Waals surface area contributed by atoms with Gasteiger partial charge in [0.2, 0.25) is 0 Å². The Morgan fingerprint density at radius 3 is 2.78 bits per heavy atom. The number of nitro benzene ring substituents is 1. The van der Waals surface area contributed by atoms with Gasteiger partial charge < -0.3 is 9.64 Å². The molecule has 23 heavy (non-hydrogen) atoms. The summed E-state index contributed by atoms with van der Waals surface area (Å²) < 4.78 is 19.9. The first kappa shape index (κ1) is 15.7. The van der Waals surface area contributed by atoms with E-state index in [1.54, 1.807) is 6.07 Å². The first-order valence-electron chi connectivity index (χ1n) is 7.11. The van der Waals surface area contributed by atoms with Gasteiger partial charge in [-0.15, -0.1) is 0 Å². The number of nitro groups is 1. The molecule has 2 aromatic rings. The predicted octanol–water partition coefficient (Wildman–Crippen LogP) is 3.97. The lowest BCUT2D eigenvalue weighted by molar-refractivity contribution is -0.385. The molecule has 0 amide bonds. The Morgan fingerprint density at radius 1 is 1.30 bits per heavy atom. The van der Waals surface area contributed by atoms with E-state index < -0.39 is 10.7 Å². The number of hydrogen-bond donors (Lipinski definition) is 0. The van der Waals surface area contributed by atoms with E-state index in [-0.39, 0.29) is 11.8 Å². The Labute approximate surface area is 137 Å². The minimum atomic E-state index is -0.612. The molecule has 1 fully saturated rings. The van der Waals surface area contributed by atoms with Crippen molar-refractivity contribution in [2.45, 2.75) is 6.10 Å². The van der Waals surface area contributed by atoms with E-state index in [1.165, 1.54) is 12.1 Å². The van der Waals surface area contributed by atoms with E-state index in [1.807, 2.05) is 23.1 Å². The Kier molecular flexibility index (Phi) is 4.45. The zero-order chi connectivity index (χ0) is 16.4. The molecule has 1 saturated heterocycles. The molecule has 2 aromatic carbocycles. The van der Waals surface area contributed by atoms with Crippen molar-refractivity contribution in [3.05, 3.63) is 69.0 Å². The summed E-state index contributed by atoms with van der Waals surface area (Å²) >= 11 is 6.19. The molecule has 1 unspecified atom stereocenters. The molecular formula is C16H14ClFN2O3. The topological polar surface area (TPSA) is 55.6 Å². The molecule has 1 aliphatic rings. The summed E-state index contributed by atoms with van der Waals surface area (Å²) in [4.78, 5) is 11.9. The van der Waals surface area contributed by atoms with Crippen molar-refractivity contribution in [3.8, 4) is 0 Å². The van der Waals surface area contributed by atoms with Crippen LogP contribution in [0.1, 0.15) is 11.7 Å². The molecule has 0 aromatic heterocycles. The van der Waals surface area contributed by atoms with E-state index >= 15 is 0 Å². The fraction of sp³-hybridized carbons (Fsp3) is 0.250. The van der Waals surface area contributed by atoms with E-state index in [0.29, 0.717) is 30.4 Å². The van der Waals surface area contributed by atoms with Crippen LogP contribution in [0.25, 0.3) is 0 Å². The normalized spacial score (nSPS) is 18.0. The summed E-state index contributed by atoms with van der Waals surface area (Å²) in [7, 11) is 0. The van der Waals surface area contributed by atoms with Gasteiger partial charge in [-0.1, -0.05) is 29.8 Å². The number of halogens is 2. The van der Waals surface area contributed by atoms with Crippen molar-refractivity contribution < 1.29 is 14.1 Å². The maximum absolute atomic E-state index is 14.2. The maximum atomic E-state index is 14.2. The van der Waals surface area contributed by atoms with Gasteiger partial charge in [-0.05, 0) is 12.1 Å². The number of benzene rings is 2. The van der Waals surface area contributed by atoms with E-state index in [9.17, 15) is 14.5 Å². The van der Waals surface area contributed by atoms with Crippen LogP contribution in [0.5, 0.6) is 0 Å².